The first-order valence-electron chi connectivity index (χ1n) is 5.43. The predicted molar refractivity (Wildman–Crippen MR) is 64.2 cm³/mol. The Morgan fingerprint density at radius 2 is 2.12 bits per heavy atom. The molecule has 0 saturated heterocycles. The van der Waals surface area contributed by atoms with Gasteiger partial charge in [0.1, 0.15) is 23.0 Å². The molecule has 0 atom stereocenters. The lowest BCUT2D eigenvalue weighted by atomic mass is 10.1. The van der Waals surface area contributed by atoms with E-state index in [1.54, 1.807) is 4.68 Å². The van der Waals surface area contributed by atoms with Crippen molar-refractivity contribution in [1.29, 1.82) is 0 Å². The normalized spacial score (nSPS) is 11.0. The van der Waals surface area contributed by atoms with Crippen molar-refractivity contribution < 1.29 is 4.42 Å². The summed E-state index contributed by atoms with van der Waals surface area (Å²) < 4.78 is 7.25. The number of furan rings is 1. The molecule has 0 fully saturated rings. The fraction of sp³-hybridized carbons (Fsp3) is 0.417. The molecule has 0 aliphatic heterocycles. The van der Waals surface area contributed by atoms with Crippen LogP contribution in [0.25, 0.3) is 11.3 Å². The second-order valence-electron chi connectivity index (χ2n) is 4.02. The van der Waals surface area contributed by atoms with Gasteiger partial charge in [0.15, 0.2) is 0 Å². The lowest BCUT2D eigenvalue weighted by Gasteiger charge is -1.98. The monoisotopic (exact) mass is 219 g/mol. The molecule has 0 aromatic carbocycles. The number of rotatable bonds is 2. The van der Waals surface area contributed by atoms with Gasteiger partial charge in [0.05, 0.1) is 0 Å². The number of nitrogens with two attached hydrogens (primary N) is 1. The van der Waals surface area contributed by atoms with Gasteiger partial charge < -0.3 is 10.2 Å². The molecule has 0 amide bonds. The molecule has 0 spiro atoms. The molecular formula is C12H17N3O. The fourth-order valence-electron chi connectivity index (χ4n) is 2.01. The largest absolute Gasteiger partial charge is 0.466 e. The van der Waals surface area contributed by atoms with Crippen molar-refractivity contribution in [3.8, 4) is 11.3 Å². The number of anilines is 1. The third-order valence-electron chi connectivity index (χ3n) is 2.84. The number of hydrogen-bond acceptors (Lipinski definition) is 3. The van der Waals surface area contributed by atoms with Crippen molar-refractivity contribution >= 4 is 5.82 Å². The minimum Gasteiger partial charge on any atom is -0.466 e. The highest BCUT2D eigenvalue weighted by atomic mass is 16.3. The summed E-state index contributed by atoms with van der Waals surface area (Å²) in [6.07, 6.45) is 0.874. The van der Waals surface area contributed by atoms with E-state index >= 15 is 0 Å². The van der Waals surface area contributed by atoms with Gasteiger partial charge in [-0.2, -0.15) is 5.10 Å². The molecule has 2 heterocycles. The Labute approximate surface area is 95.1 Å². The van der Waals surface area contributed by atoms with Crippen molar-refractivity contribution in [3.63, 3.8) is 0 Å². The molecule has 2 N–H and O–H groups in total. The van der Waals surface area contributed by atoms with Gasteiger partial charge in [0.25, 0.3) is 0 Å². The van der Waals surface area contributed by atoms with Crippen molar-refractivity contribution in [3.05, 3.63) is 23.2 Å². The lowest BCUT2D eigenvalue weighted by Crippen LogP contribution is -1.98. The number of nitrogens with zero attached hydrogens (tertiary/aromatic N) is 2. The summed E-state index contributed by atoms with van der Waals surface area (Å²) >= 11 is 0. The zero-order valence-electron chi connectivity index (χ0n) is 10.2. The quantitative estimate of drug-likeness (QED) is 0.844. The van der Waals surface area contributed by atoms with Crippen LogP contribution in [0.1, 0.15) is 24.0 Å². The summed E-state index contributed by atoms with van der Waals surface area (Å²) in [6, 6.07) is 2.01. The molecule has 16 heavy (non-hydrogen) atoms. The maximum atomic E-state index is 5.98. The first-order valence-corrected chi connectivity index (χ1v) is 5.43. The van der Waals surface area contributed by atoms with Crippen LogP contribution in [0.2, 0.25) is 0 Å². The van der Waals surface area contributed by atoms with Crippen LogP contribution in [-0.4, -0.2) is 9.78 Å². The zero-order valence-corrected chi connectivity index (χ0v) is 10.2. The molecule has 0 bridgehead atoms. The highest BCUT2D eigenvalue weighted by Gasteiger charge is 2.17. The van der Waals surface area contributed by atoms with Gasteiger partial charge in [0.2, 0.25) is 0 Å². The van der Waals surface area contributed by atoms with Gasteiger partial charge in [0, 0.05) is 18.2 Å². The molecule has 2 aromatic heterocycles. The van der Waals surface area contributed by atoms with Crippen LogP contribution < -0.4 is 5.73 Å². The molecule has 2 aromatic rings. The van der Waals surface area contributed by atoms with Crippen LogP contribution in [0, 0.1) is 13.8 Å². The standard InChI is InChI=1S/C12H17N3O/c1-5-9-11(14-15(4)12(9)13)10-6-7(2)16-8(10)3/h6H,5,13H2,1-4H3. The first kappa shape index (κ1) is 10.8. The van der Waals surface area contributed by atoms with Crippen LogP contribution >= 0.6 is 0 Å². The van der Waals surface area contributed by atoms with Gasteiger partial charge in [-0.05, 0) is 26.3 Å². The molecule has 0 unspecified atom stereocenters. The molecule has 0 radical (unpaired) electrons. The van der Waals surface area contributed by atoms with E-state index in [-0.39, 0.29) is 0 Å². The highest BCUT2D eigenvalue weighted by molar-refractivity contribution is 5.70. The number of aromatic nitrogens is 2. The van der Waals surface area contributed by atoms with Gasteiger partial charge in [-0.15, -0.1) is 0 Å². The van der Waals surface area contributed by atoms with Gasteiger partial charge in [-0.3, -0.25) is 4.68 Å². The van der Waals surface area contributed by atoms with Crippen molar-refractivity contribution in [2.75, 3.05) is 5.73 Å². The van der Waals surface area contributed by atoms with Gasteiger partial charge in [-0.25, -0.2) is 0 Å². The molecule has 86 valence electrons. The Bertz CT molecular complexity index is 523. The van der Waals surface area contributed by atoms with Crippen molar-refractivity contribution in [1.82, 2.24) is 9.78 Å². The van der Waals surface area contributed by atoms with Crippen LogP contribution in [0.4, 0.5) is 5.82 Å². The van der Waals surface area contributed by atoms with Crippen LogP contribution in [0.15, 0.2) is 10.5 Å². The molecular weight excluding hydrogens is 202 g/mol. The topological polar surface area (TPSA) is 57.0 Å². The summed E-state index contributed by atoms with van der Waals surface area (Å²) in [4.78, 5) is 0. The smallest absolute Gasteiger partial charge is 0.125 e. The SMILES string of the molecule is CCc1c(-c2cc(C)oc2C)nn(C)c1N. The average molecular weight is 219 g/mol. The highest BCUT2D eigenvalue weighted by Crippen LogP contribution is 2.31. The maximum absolute atomic E-state index is 5.98. The van der Waals surface area contributed by atoms with Gasteiger partial charge >= 0.3 is 0 Å². The van der Waals surface area contributed by atoms with Crippen molar-refractivity contribution in [2.45, 2.75) is 27.2 Å². The molecule has 4 heteroatoms. The number of nitrogen functional groups attached to an aromatic ring is 1. The van der Waals surface area contributed by atoms with E-state index in [0.717, 1.165) is 40.6 Å². The molecule has 0 saturated carbocycles. The Morgan fingerprint density at radius 3 is 2.62 bits per heavy atom. The first-order chi connectivity index (χ1) is 7.54. The lowest BCUT2D eigenvalue weighted by molar-refractivity contribution is 0.505. The Morgan fingerprint density at radius 1 is 1.44 bits per heavy atom. The van der Waals surface area contributed by atoms with E-state index in [1.807, 2.05) is 27.0 Å². The summed E-state index contributed by atoms with van der Waals surface area (Å²) in [5.41, 5.74) is 9.05. The van der Waals surface area contributed by atoms with Crippen molar-refractivity contribution in [2.24, 2.45) is 7.05 Å². The maximum Gasteiger partial charge on any atom is 0.125 e. The molecule has 4 nitrogen and oxygen atoms in total. The second-order valence-corrected chi connectivity index (χ2v) is 4.02. The minimum absolute atomic E-state index is 0.732. The van der Waals surface area contributed by atoms with E-state index < -0.39 is 0 Å². The second kappa shape index (κ2) is 3.70. The van der Waals surface area contributed by atoms with E-state index in [4.69, 9.17) is 10.2 Å². The number of aryl methyl sites for hydroxylation is 3. The molecule has 0 aliphatic carbocycles. The van der Waals surface area contributed by atoms with Crippen LogP contribution in [0.3, 0.4) is 0 Å². The van der Waals surface area contributed by atoms with E-state index in [9.17, 15) is 0 Å². The van der Waals surface area contributed by atoms with Crippen LogP contribution in [-0.2, 0) is 13.5 Å². The van der Waals surface area contributed by atoms with E-state index in [1.165, 1.54) is 0 Å². The van der Waals surface area contributed by atoms with E-state index in [0.29, 0.717) is 0 Å². The Balaban J connectivity index is 2.64. The summed E-state index contributed by atoms with van der Waals surface area (Å²) in [6.45, 7) is 5.97. The predicted octanol–water partition coefficient (Wildman–Crippen LogP) is 2.44. The zero-order chi connectivity index (χ0) is 11.9. The molecule has 0 aliphatic rings. The average Bonchev–Trinajstić information content (AvgIpc) is 2.69. The fourth-order valence-corrected chi connectivity index (χ4v) is 2.01. The Kier molecular flexibility index (Phi) is 2.50. The van der Waals surface area contributed by atoms with E-state index in [2.05, 4.69) is 12.0 Å². The Hall–Kier alpha value is -1.71. The summed E-state index contributed by atoms with van der Waals surface area (Å²) in [5.74, 6) is 2.53. The molecule has 2 rings (SSSR count). The minimum atomic E-state index is 0.732. The van der Waals surface area contributed by atoms with Crippen LogP contribution in [0.5, 0.6) is 0 Å². The van der Waals surface area contributed by atoms with Gasteiger partial charge in [-0.1, -0.05) is 6.92 Å². The number of hydrogen-bond donors (Lipinski definition) is 1. The summed E-state index contributed by atoms with van der Waals surface area (Å²) in [7, 11) is 1.86. The third-order valence-corrected chi connectivity index (χ3v) is 2.84. The summed E-state index contributed by atoms with van der Waals surface area (Å²) in [5, 5.41) is 4.46. The third kappa shape index (κ3) is 1.50.